The summed E-state index contributed by atoms with van der Waals surface area (Å²) in [5, 5.41) is 2.76. The van der Waals surface area contributed by atoms with E-state index in [1.165, 1.54) is 51.8 Å². The summed E-state index contributed by atoms with van der Waals surface area (Å²) < 4.78 is 5.59. The lowest BCUT2D eigenvalue weighted by molar-refractivity contribution is 1.22. The summed E-state index contributed by atoms with van der Waals surface area (Å²) in [7, 11) is 0. The van der Waals surface area contributed by atoms with Gasteiger partial charge in [-0.25, -0.2) is 0 Å². The Morgan fingerprint density at radius 1 is 0.793 bits per heavy atom. The van der Waals surface area contributed by atoms with E-state index < -0.39 is 0 Å². The fraction of sp³-hybridized carbons (Fsp3) is 0.111. The molecule has 0 nitrogen and oxygen atoms in total. The Balaban J connectivity index is 1.64. The van der Waals surface area contributed by atoms with Crippen LogP contribution in [0.5, 0.6) is 0 Å². The van der Waals surface area contributed by atoms with Crippen molar-refractivity contribution in [3.8, 4) is 11.1 Å². The third-order valence-corrected chi connectivity index (χ3v) is 7.87. The largest absolute Gasteiger partial charge is 0.134 e. The molecule has 0 N–H and O–H groups in total. The van der Waals surface area contributed by atoms with Crippen molar-refractivity contribution in [1.29, 1.82) is 0 Å². The topological polar surface area (TPSA) is 0 Å². The molecule has 3 aromatic carbocycles. The highest BCUT2D eigenvalue weighted by molar-refractivity contribution is 7.36. The minimum atomic E-state index is 1.06. The van der Waals surface area contributed by atoms with Crippen molar-refractivity contribution in [3.63, 3.8) is 0 Å². The number of thiophene rings is 2. The van der Waals surface area contributed by atoms with Crippen molar-refractivity contribution in [2.24, 2.45) is 0 Å². The van der Waals surface area contributed by atoms with E-state index in [1.54, 1.807) is 0 Å². The summed E-state index contributed by atoms with van der Waals surface area (Å²) in [4.78, 5) is 0. The highest BCUT2D eigenvalue weighted by atomic mass is 32.1. The Morgan fingerprint density at radius 2 is 1.48 bits per heavy atom. The van der Waals surface area contributed by atoms with Gasteiger partial charge in [-0.15, -0.1) is 22.7 Å². The molecule has 0 saturated carbocycles. The predicted octanol–water partition coefficient (Wildman–Crippen LogP) is 9.31. The maximum absolute atomic E-state index is 2.35. The quantitative estimate of drug-likeness (QED) is 0.259. The van der Waals surface area contributed by atoms with E-state index in [2.05, 4.69) is 98.8 Å². The summed E-state index contributed by atoms with van der Waals surface area (Å²) in [5.41, 5.74) is 5.16. The maximum Gasteiger partial charge on any atom is 0.0542 e. The molecule has 29 heavy (non-hydrogen) atoms. The lowest BCUT2D eigenvalue weighted by Gasteiger charge is -2.03. The van der Waals surface area contributed by atoms with Gasteiger partial charge in [0, 0.05) is 20.2 Å². The van der Waals surface area contributed by atoms with E-state index >= 15 is 0 Å². The van der Waals surface area contributed by atoms with Crippen LogP contribution in [0, 0.1) is 0 Å². The molecular formula is C27H22S2. The van der Waals surface area contributed by atoms with Crippen LogP contribution in [0.15, 0.2) is 85.0 Å². The van der Waals surface area contributed by atoms with E-state index in [4.69, 9.17) is 0 Å². The molecule has 0 unspecified atom stereocenters. The molecule has 0 atom stereocenters. The van der Waals surface area contributed by atoms with E-state index in [1.807, 2.05) is 22.7 Å². The van der Waals surface area contributed by atoms with Crippen LogP contribution in [-0.2, 0) is 0 Å². The Labute approximate surface area is 179 Å². The molecule has 0 spiro atoms. The molecule has 2 aromatic heterocycles. The summed E-state index contributed by atoms with van der Waals surface area (Å²) in [5.74, 6) is 0. The summed E-state index contributed by atoms with van der Waals surface area (Å²) >= 11 is 3.85. The first-order valence-electron chi connectivity index (χ1n) is 10.1. The monoisotopic (exact) mass is 410 g/mol. The molecule has 0 bridgehead atoms. The van der Waals surface area contributed by atoms with Crippen LogP contribution < -0.4 is 0 Å². The Bertz CT molecular complexity index is 1380. The van der Waals surface area contributed by atoms with Crippen molar-refractivity contribution in [3.05, 3.63) is 90.5 Å². The lowest BCUT2D eigenvalue weighted by atomic mass is 10.0. The third-order valence-electron chi connectivity index (χ3n) is 5.37. The zero-order chi connectivity index (χ0) is 19.8. The lowest BCUT2D eigenvalue weighted by Crippen LogP contribution is -1.79. The second kappa shape index (κ2) is 7.62. The fourth-order valence-electron chi connectivity index (χ4n) is 3.85. The first-order valence-corrected chi connectivity index (χ1v) is 11.7. The second-order valence-electron chi connectivity index (χ2n) is 7.20. The number of fused-ring (bicyclic) bond motifs is 5. The van der Waals surface area contributed by atoms with E-state index in [9.17, 15) is 0 Å². The van der Waals surface area contributed by atoms with Gasteiger partial charge in [0.25, 0.3) is 0 Å². The first kappa shape index (κ1) is 18.4. The minimum absolute atomic E-state index is 1.06. The number of allylic oxidation sites excluding steroid dienone is 4. The van der Waals surface area contributed by atoms with Crippen LogP contribution in [-0.4, -0.2) is 0 Å². The third kappa shape index (κ3) is 3.23. The number of benzene rings is 3. The summed E-state index contributed by atoms with van der Waals surface area (Å²) in [6.45, 7) is 4.29. The van der Waals surface area contributed by atoms with Gasteiger partial charge in [0.15, 0.2) is 0 Å². The van der Waals surface area contributed by atoms with Gasteiger partial charge in [0.2, 0.25) is 0 Å². The van der Waals surface area contributed by atoms with Crippen LogP contribution in [0.25, 0.3) is 46.3 Å². The molecule has 2 heteroatoms. The van der Waals surface area contributed by atoms with E-state index in [-0.39, 0.29) is 0 Å². The van der Waals surface area contributed by atoms with Crippen LogP contribution in [0.4, 0.5) is 0 Å². The normalized spacial score (nSPS) is 12.7. The molecule has 0 amide bonds. The molecule has 142 valence electrons. The van der Waals surface area contributed by atoms with Crippen LogP contribution in [0.1, 0.15) is 25.8 Å². The standard InChI is InChI=1S/C27H22S2/c1-3-5-9-18(4-2)20-12-14-22-24(16-20)28-27-23-15-13-21(17-25(23)29-26(22)27)19-10-7-6-8-11-19/h4-17H,3H2,1-2H3/b9-5-,18-4+. The van der Waals surface area contributed by atoms with Crippen LogP contribution >= 0.6 is 22.7 Å². The van der Waals surface area contributed by atoms with Gasteiger partial charge < -0.3 is 0 Å². The van der Waals surface area contributed by atoms with Gasteiger partial charge in [-0.3, -0.25) is 0 Å². The molecule has 0 aliphatic carbocycles. The number of rotatable bonds is 4. The molecule has 0 aliphatic rings. The Morgan fingerprint density at radius 3 is 2.17 bits per heavy atom. The van der Waals surface area contributed by atoms with E-state index in [0.717, 1.165) is 6.42 Å². The first-order chi connectivity index (χ1) is 14.3. The van der Waals surface area contributed by atoms with Crippen LogP contribution in [0.3, 0.4) is 0 Å². The molecule has 0 saturated heterocycles. The van der Waals surface area contributed by atoms with Crippen molar-refractivity contribution in [2.75, 3.05) is 0 Å². The van der Waals surface area contributed by atoms with Gasteiger partial charge in [-0.2, -0.15) is 0 Å². The highest BCUT2D eigenvalue weighted by Crippen LogP contribution is 2.45. The zero-order valence-electron chi connectivity index (χ0n) is 16.6. The fourth-order valence-corrected chi connectivity index (χ4v) is 6.58. The van der Waals surface area contributed by atoms with Crippen molar-refractivity contribution >= 4 is 57.8 Å². The molecule has 0 fully saturated rings. The molecular weight excluding hydrogens is 388 g/mol. The highest BCUT2D eigenvalue weighted by Gasteiger charge is 2.13. The zero-order valence-corrected chi connectivity index (χ0v) is 18.2. The second-order valence-corrected chi connectivity index (χ2v) is 9.31. The van der Waals surface area contributed by atoms with Gasteiger partial charge >= 0.3 is 0 Å². The molecule has 0 aliphatic heterocycles. The summed E-state index contributed by atoms with van der Waals surface area (Å²) in [6, 6.07) is 24.5. The van der Waals surface area contributed by atoms with Gasteiger partial charge in [-0.1, -0.05) is 79.7 Å². The van der Waals surface area contributed by atoms with Gasteiger partial charge in [0.05, 0.1) is 9.40 Å². The van der Waals surface area contributed by atoms with Gasteiger partial charge in [0.1, 0.15) is 0 Å². The average molecular weight is 411 g/mol. The SMILES string of the molecule is C/C=C(\C=C/CC)c1ccc2c(c1)sc1c3ccc(-c4ccccc4)cc3sc21. The van der Waals surface area contributed by atoms with Crippen LogP contribution in [0.2, 0.25) is 0 Å². The molecule has 5 aromatic rings. The molecule has 0 radical (unpaired) electrons. The molecule has 2 heterocycles. The summed E-state index contributed by atoms with van der Waals surface area (Å²) in [6.07, 6.45) is 7.72. The van der Waals surface area contributed by atoms with Crippen molar-refractivity contribution in [1.82, 2.24) is 0 Å². The van der Waals surface area contributed by atoms with Crippen molar-refractivity contribution in [2.45, 2.75) is 20.3 Å². The average Bonchev–Trinajstić information content (AvgIpc) is 3.30. The van der Waals surface area contributed by atoms with Crippen molar-refractivity contribution < 1.29 is 0 Å². The smallest absolute Gasteiger partial charge is 0.0542 e. The molecule has 5 rings (SSSR count). The Kier molecular flexibility index (Phi) is 4.83. The van der Waals surface area contributed by atoms with E-state index in [0.29, 0.717) is 0 Å². The maximum atomic E-state index is 2.35. The number of hydrogen-bond acceptors (Lipinski definition) is 2. The predicted molar refractivity (Wildman–Crippen MR) is 133 cm³/mol. The Hall–Kier alpha value is -2.68. The number of hydrogen-bond donors (Lipinski definition) is 0. The van der Waals surface area contributed by atoms with Gasteiger partial charge in [-0.05, 0) is 47.7 Å². The minimum Gasteiger partial charge on any atom is -0.134 e.